The van der Waals surface area contributed by atoms with Gasteiger partial charge in [-0.3, -0.25) is 14.1 Å². The molecule has 0 aromatic carbocycles. The molecule has 0 rings (SSSR count). The standard InChI is InChI=1S/C45H83O10P/c1-3-5-7-9-11-13-15-17-18-19-20-21-22-23-25-27-29-31-33-37-44(48)53-39-41(40-54-56(50,51)52)55-45(49)38-34-36-43(47)42(46)35-32-30-28-26-24-16-14-12-10-8-6-4-2/h12,14,24,26,30,32,41-43,46-47H,3-11,13,15-23,25,27-29,31,33-40H2,1-2H3,(H2,50,51,52)/b14-12-,26-24-,32-30-/t41-,42?,43?/m1/s1. The van der Waals surface area contributed by atoms with Crippen molar-refractivity contribution in [2.75, 3.05) is 13.2 Å². The van der Waals surface area contributed by atoms with Crippen LogP contribution in [0.1, 0.15) is 206 Å². The molecule has 0 aromatic heterocycles. The minimum absolute atomic E-state index is 0.100. The van der Waals surface area contributed by atoms with E-state index >= 15 is 0 Å². The lowest BCUT2D eigenvalue weighted by molar-refractivity contribution is -0.161. The highest BCUT2D eigenvalue weighted by atomic mass is 31.2. The van der Waals surface area contributed by atoms with Gasteiger partial charge in [-0.25, -0.2) is 4.57 Å². The Morgan fingerprint density at radius 3 is 1.50 bits per heavy atom. The largest absolute Gasteiger partial charge is 0.469 e. The zero-order valence-corrected chi connectivity index (χ0v) is 36.4. The molecule has 0 aliphatic rings. The number of unbranched alkanes of at least 4 members (excludes halogenated alkanes) is 21. The Morgan fingerprint density at radius 1 is 0.536 bits per heavy atom. The number of carbonyl (C=O) groups excluding carboxylic acids is 2. The van der Waals surface area contributed by atoms with E-state index in [9.17, 15) is 24.4 Å². The Labute approximate surface area is 341 Å². The number of phosphoric ester groups is 1. The normalized spacial score (nSPS) is 13.9. The van der Waals surface area contributed by atoms with Gasteiger partial charge in [0.05, 0.1) is 18.8 Å². The minimum Gasteiger partial charge on any atom is -0.462 e. The third-order valence-electron chi connectivity index (χ3n) is 9.86. The first-order valence-corrected chi connectivity index (χ1v) is 24.0. The quantitative estimate of drug-likeness (QED) is 0.0202. The molecule has 3 atom stereocenters. The molecule has 0 spiro atoms. The fraction of sp³-hybridized carbons (Fsp3) is 0.822. The summed E-state index contributed by atoms with van der Waals surface area (Å²) in [5.74, 6) is -1.16. The topological polar surface area (TPSA) is 160 Å². The van der Waals surface area contributed by atoms with Gasteiger partial charge in [-0.2, -0.15) is 0 Å². The van der Waals surface area contributed by atoms with Crippen molar-refractivity contribution < 1.29 is 48.2 Å². The average Bonchev–Trinajstić information content (AvgIpc) is 3.16. The van der Waals surface area contributed by atoms with Gasteiger partial charge >= 0.3 is 19.8 Å². The number of phosphoric acid groups is 1. The van der Waals surface area contributed by atoms with Gasteiger partial charge in [0.25, 0.3) is 0 Å². The third kappa shape index (κ3) is 40.4. The number of aliphatic hydroxyl groups excluding tert-OH is 2. The molecule has 10 nitrogen and oxygen atoms in total. The highest BCUT2D eigenvalue weighted by molar-refractivity contribution is 7.46. The Balaban J connectivity index is 4.09. The van der Waals surface area contributed by atoms with Gasteiger partial charge in [-0.05, 0) is 51.4 Å². The molecule has 0 aliphatic heterocycles. The Hall–Kier alpha value is -1.81. The van der Waals surface area contributed by atoms with Crippen molar-refractivity contribution in [3.05, 3.63) is 36.5 Å². The number of hydrogen-bond donors (Lipinski definition) is 4. The molecule has 0 radical (unpaired) electrons. The summed E-state index contributed by atoms with van der Waals surface area (Å²) < 4.78 is 26.3. The molecule has 11 heteroatoms. The molecule has 4 N–H and O–H groups in total. The van der Waals surface area contributed by atoms with E-state index in [1.54, 1.807) is 0 Å². The molecule has 0 amide bonds. The molecular weight excluding hydrogens is 731 g/mol. The molecule has 0 heterocycles. The molecule has 56 heavy (non-hydrogen) atoms. The summed E-state index contributed by atoms with van der Waals surface area (Å²) >= 11 is 0. The fourth-order valence-electron chi connectivity index (χ4n) is 6.36. The molecule has 328 valence electrons. The van der Waals surface area contributed by atoms with E-state index in [1.807, 2.05) is 12.2 Å². The lowest BCUT2D eigenvalue weighted by Gasteiger charge is -2.19. The van der Waals surface area contributed by atoms with Crippen LogP contribution in [0.4, 0.5) is 0 Å². The minimum atomic E-state index is -4.84. The molecule has 0 saturated heterocycles. The average molecular weight is 815 g/mol. The first-order valence-electron chi connectivity index (χ1n) is 22.4. The molecule has 2 unspecified atom stereocenters. The van der Waals surface area contributed by atoms with Crippen LogP contribution in [0.2, 0.25) is 0 Å². The second-order valence-corrected chi connectivity index (χ2v) is 16.6. The summed E-state index contributed by atoms with van der Waals surface area (Å²) in [5.41, 5.74) is 0. The summed E-state index contributed by atoms with van der Waals surface area (Å²) in [6.07, 6.45) is 40.4. The number of hydrogen-bond acceptors (Lipinski definition) is 8. The maximum absolute atomic E-state index is 12.5. The van der Waals surface area contributed by atoms with Crippen molar-refractivity contribution >= 4 is 19.8 Å². The zero-order valence-electron chi connectivity index (χ0n) is 35.5. The Kier molecular flexibility index (Phi) is 38.7. The lowest BCUT2D eigenvalue weighted by Crippen LogP contribution is -2.30. The van der Waals surface area contributed by atoms with Crippen molar-refractivity contribution in [1.82, 2.24) is 0 Å². The van der Waals surface area contributed by atoms with Crippen LogP contribution in [-0.4, -0.2) is 63.5 Å². The number of carbonyl (C=O) groups is 2. The van der Waals surface area contributed by atoms with Crippen LogP contribution in [0.5, 0.6) is 0 Å². The summed E-state index contributed by atoms with van der Waals surface area (Å²) in [6.45, 7) is 3.44. The van der Waals surface area contributed by atoms with Crippen LogP contribution in [0.15, 0.2) is 36.5 Å². The van der Waals surface area contributed by atoms with E-state index in [0.29, 0.717) is 6.42 Å². The zero-order chi connectivity index (χ0) is 41.4. The van der Waals surface area contributed by atoms with E-state index in [2.05, 4.69) is 42.7 Å². The predicted octanol–water partition coefficient (Wildman–Crippen LogP) is 11.7. The fourth-order valence-corrected chi connectivity index (χ4v) is 6.72. The summed E-state index contributed by atoms with van der Waals surface area (Å²) in [6, 6.07) is 0. The molecule has 0 fully saturated rings. The van der Waals surface area contributed by atoms with Crippen molar-refractivity contribution in [1.29, 1.82) is 0 Å². The van der Waals surface area contributed by atoms with Crippen LogP contribution in [0, 0.1) is 0 Å². The highest BCUT2D eigenvalue weighted by Gasteiger charge is 2.23. The lowest BCUT2D eigenvalue weighted by atomic mass is 10.0. The van der Waals surface area contributed by atoms with E-state index in [0.717, 1.165) is 38.5 Å². The SMILES string of the molecule is CCCCC/C=C\C/C=C\C/C=C\CC(O)C(O)CCCC(=O)O[C@H](COC(=O)CCCCCCCCCCCCCCCCCCCCC)COP(=O)(O)O. The Bertz CT molecular complexity index is 1040. The summed E-state index contributed by atoms with van der Waals surface area (Å²) in [4.78, 5) is 43.0. The molecule has 0 aromatic rings. The van der Waals surface area contributed by atoms with Crippen molar-refractivity contribution in [3.63, 3.8) is 0 Å². The van der Waals surface area contributed by atoms with Crippen LogP contribution in [0.3, 0.4) is 0 Å². The van der Waals surface area contributed by atoms with Gasteiger partial charge in [0.2, 0.25) is 0 Å². The maximum atomic E-state index is 12.5. The number of allylic oxidation sites excluding steroid dienone is 5. The van der Waals surface area contributed by atoms with Gasteiger partial charge in [0.15, 0.2) is 6.10 Å². The van der Waals surface area contributed by atoms with Gasteiger partial charge in [0.1, 0.15) is 6.61 Å². The molecule has 0 bridgehead atoms. The van der Waals surface area contributed by atoms with Gasteiger partial charge < -0.3 is 29.5 Å². The monoisotopic (exact) mass is 815 g/mol. The van der Waals surface area contributed by atoms with E-state index in [-0.39, 0.29) is 38.7 Å². The number of rotatable bonds is 41. The van der Waals surface area contributed by atoms with Gasteiger partial charge in [0, 0.05) is 12.8 Å². The van der Waals surface area contributed by atoms with Gasteiger partial charge in [-0.15, -0.1) is 0 Å². The number of esters is 2. The molecule has 0 aliphatic carbocycles. The van der Waals surface area contributed by atoms with Crippen LogP contribution in [-0.2, 0) is 28.2 Å². The van der Waals surface area contributed by atoms with E-state index in [1.165, 1.54) is 116 Å². The van der Waals surface area contributed by atoms with Gasteiger partial charge in [-0.1, -0.05) is 179 Å². The van der Waals surface area contributed by atoms with Crippen LogP contribution < -0.4 is 0 Å². The third-order valence-corrected chi connectivity index (χ3v) is 10.3. The van der Waals surface area contributed by atoms with E-state index < -0.39 is 44.7 Å². The second kappa shape index (κ2) is 40.0. The van der Waals surface area contributed by atoms with E-state index in [4.69, 9.17) is 19.3 Å². The summed E-state index contributed by atoms with van der Waals surface area (Å²) in [7, 11) is -4.84. The Morgan fingerprint density at radius 2 is 0.982 bits per heavy atom. The number of aliphatic hydroxyl groups is 2. The van der Waals surface area contributed by atoms with Crippen LogP contribution in [0.25, 0.3) is 0 Å². The number of ether oxygens (including phenoxy) is 2. The van der Waals surface area contributed by atoms with Crippen molar-refractivity contribution in [2.45, 2.75) is 225 Å². The predicted molar refractivity (Wildman–Crippen MR) is 228 cm³/mol. The molecular formula is C45H83O10P. The van der Waals surface area contributed by atoms with Crippen molar-refractivity contribution in [3.8, 4) is 0 Å². The first-order chi connectivity index (χ1) is 27.1. The van der Waals surface area contributed by atoms with Crippen LogP contribution >= 0.6 is 7.82 Å². The highest BCUT2D eigenvalue weighted by Crippen LogP contribution is 2.36. The molecule has 0 saturated carbocycles. The second-order valence-electron chi connectivity index (χ2n) is 15.3. The smallest absolute Gasteiger partial charge is 0.462 e. The van der Waals surface area contributed by atoms with Crippen molar-refractivity contribution in [2.24, 2.45) is 0 Å². The summed E-state index contributed by atoms with van der Waals surface area (Å²) in [5, 5.41) is 20.6. The first kappa shape index (κ1) is 54.2. The maximum Gasteiger partial charge on any atom is 0.469 e.